The number of halogens is 1. The molecule has 3 aliphatic heterocycles. The van der Waals surface area contributed by atoms with Gasteiger partial charge in [-0.1, -0.05) is 0 Å². The number of carbonyl (C=O) groups is 1. The van der Waals surface area contributed by atoms with Crippen LogP contribution >= 0.6 is 12.4 Å². The van der Waals surface area contributed by atoms with Gasteiger partial charge in [-0.15, -0.1) is 12.4 Å². The van der Waals surface area contributed by atoms with Crippen molar-refractivity contribution in [2.45, 2.75) is 25.7 Å². The van der Waals surface area contributed by atoms with Gasteiger partial charge in [-0.25, -0.2) is 4.79 Å². The first kappa shape index (κ1) is 14.3. The van der Waals surface area contributed by atoms with E-state index in [2.05, 4.69) is 15.0 Å². The molecule has 1 atom stereocenters. The van der Waals surface area contributed by atoms with Gasteiger partial charge < -0.3 is 14.2 Å². The van der Waals surface area contributed by atoms with Crippen LogP contribution in [0.3, 0.4) is 0 Å². The van der Waals surface area contributed by atoms with Crippen molar-refractivity contribution in [2.24, 2.45) is 5.92 Å². The first-order valence-corrected chi connectivity index (χ1v) is 6.51. The van der Waals surface area contributed by atoms with E-state index in [4.69, 9.17) is 9.26 Å². The summed E-state index contributed by atoms with van der Waals surface area (Å²) in [6.07, 6.45) is 2.36. The average Bonchev–Trinajstić information content (AvgIpc) is 2.90. The molecule has 0 saturated carbocycles. The van der Waals surface area contributed by atoms with Gasteiger partial charge in [0.15, 0.2) is 0 Å². The van der Waals surface area contributed by atoms with Crippen LogP contribution in [0.5, 0.6) is 0 Å². The molecule has 4 rings (SSSR count). The van der Waals surface area contributed by atoms with Crippen molar-refractivity contribution in [3.05, 3.63) is 11.7 Å². The second-order valence-electron chi connectivity index (χ2n) is 4.92. The predicted octanol–water partition coefficient (Wildman–Crippen LogP) is 1.48. The molecule has 3 fully saturated rings. The zero-order valence-corrected chi connectivity index (χ0v) is 11.7. The van der Waals surface area contributed by atoms with Crippen molar-refractivity contribution >= 4 is 18.4 Å². The maximum atomic E-state index is 11.5. The highest BCUT2D eigenvalue weighted by Gasteiger charge is 2.38. The van der Waals surface area contributed by atoms with Crippen LogP contribution in [-0.2, 0) is 4.74 Å². The maximum absolute atomic E-state index is 11.5. The average molecular weight is 288 g/mol. The first-order valence-electron chi connectivity index (χ1n) is 6.51. The summed E-state index contributed by atoms with van der Waals surface area (Å²) in [4.78, 5) is 18.1. The number of hydrogen-bond acceptors (Lipinski definition) is 6. The topological polar surface area (TPSA) is 68.5 Å². The molecule has 1 unspecified atom stereocenters. The molecule has 0 radical (unpaired) electrons. The Kier molecular flexibility index (Phi) is 4.42. The molecule has 6 nitrogen and oxygen atoms in total. The Morgan fingerprint density at radius 1 is 1.47 bits per heavy atom. The summed E-state index contributed by atoms with van der Waals surface area (Å²) in [5.41, 5.74) is 0. The minimum Gasteiger partial charge on any atom is -0.460 e. The number of hydrogen-bond donors (Lipinski definition) is 0. The fourth-order valence-corrected chi connectivity index (χ4v) is 2.91. The van der Waals surface area contributed by atoms with E-state index in [0.717, 1.165) is 6.54 Å². The van der Waals surface area contributed by atoms with E-state index < -0.39 is 5.97 Å². The Balaban J connectivity index is 0.00000133. The molecule has 0 amide bonds. The number of rotatable bonds is 3. The van der Waals surface area contributed by atoms with Gasteiger partial charge in [-0.05, 0) is 43.9 Å². The van der Waals surface area contributed by atoms with Crippen molar-refractivity contribution in [3.8, 4) is 0 Å². The van der Waals surface area contributed by atoms with Gasteiger partial charge in [0.2, 0.25) is 5.89 Å². The summed E-state index contributed by atoms with van der Waals surface area (Å²) in [5.74, 6) is 1.03. The molecule has 0 spiro atoms. The van der Waals surface area contributed by atoms with Gasteiger partial charge in [0.05, 0.1) is 12.5 Å². The summed E-state index contributed by atoms with van der Waals surface area (Å²) in [7, 11) is 0. The van der Waals surface area contributed by atoms with Crippen molar-refractivity contribution in [1.82, 2.24) is 15.0 Å². The molecule has 0 aliphatic carbocycles. The van der Waals surface area contributed by atoms with Gasteiger partial charge in [-0.3, -0.25) is 0 Å². The Morgan fingerprint density at radius 2 is 2.21 bits per heavy atom. The zero-order chi connectivity index (χ0) is 12.5. The van der Waals surface area contributed by atoms with E-state index in [0.29, 0.717) is 18.4 Å². The van der Waals surface area contributed by atoms with E-state index >= 15 is 0 Å². The molecule has 1 aromatic heterocycles. The third-order valence-corrected chi connectivity index (χ3v) is 3.87. The lowest BCUT2D eigenvalue weighted by Gasteiger charge is -2.43. The monoisotopic (exact) mass is 287 g/mol. The lowest BCUT2D eigenvalue weighted by molar-refractivity contribution is 0.0508. The van der Waals surface area contributed by atoms with Crippen LogP contribution in [0.2, 0.25) is 0 Å². The minimum absolute atomic E-state index is 0. The Labute approximate surface area is 117 Å². The van der Waals surface area contributed by atoms with Crippen molar-refractivity contribution < 1.29 is 14.1 Å². The molecule has 3 aliphatic rings. The second kappa shape index (κ2) is 5.88. The predicted molar refractivity (Wildman–Crippen MR) is 69.4 cm³/mol. The van der Waals surface area contributed by atoms with Crippen LogP contribution in [0.25, 0.3) is 0 Å². The summed E-state index contributed by atoms with van der Waals surface area (Å²) in [5, 5.41) is 3.71. The highest BCUT2D eigenvalue weighted by molar-refractivity contribution is 5.85. The van der Waals surface area contributed by atoms with Gasteiger partial charge in [0, 0.05) is 6.54 Å². The number of esters is 1. The Morgan fingerprint density at radius 3 is 2.79 bits per heavy atom. The van der Waals surface area contributed by atoms with Crippen LogP contribution < -0.4 is 0 Å². The molecule has 1 aromatic rings. The fourth-order valence-electron chi connectivity index (χ4n) is 2.91. The van der Waals surface area contributed by atoms with Crippen molar-refractivity contribution in [1.29, 1.82) is 0 Å². The molecule has 3 saturated heterocycles. The molecule has 0 N–H and O–H groups in total. The quantitative estimate of drug-likeness (QED) is 0.784. The second-order valence-corrected chi connectivity index (χ2v) is 4.92. The Hall–Kier alpha value is -1.14. The van der Waals surface area contributed by atoms with E-state index in [1.165, 1.54) is 25.9 Å². The number of piperidine rings is 3. The zero-order valence-electron chi connectivity index (χ0n) is 10.9. The van der Waals surface area contributed by atoms with Crippen LogP contribution in [0.15, 0.2) is 4.52 Å². The largest absolute Gasteiger partial charge is 0.460 e. The third kappa shape index (κ3) is 2.74. The van der Waals surface area contributed by atoms with Gasteiger partial charge in [0.25, 0.3) is 5.82 Å². The van der Waals surface area contributed by atoms with Crippen molar-refractivity contribution in [2.75, 3.05) is 26.2 Å². The van der Waals surface area contributed by atoms with E-state index in [1.807, 2.05) is 0 Å². The van der Waals surface area contributed by atoms with E-state index in [-0.39, 0.29) is 24.1 Å². The normalized spacial score (nSPS) is 28.8. The number of fused-ring (bicyclic) bond motifs is 3. The molecular weight excluding hydrogens is 270 g/mol. The summed E-state index contributed by atoms with van der Waals surface area (Å²) >= 11 is 0. The number of aromatic nitrogens is 2. The third-order valence-electron chi connectivity index (χ3n) is 3.87. The molecule has 4 heterocycles. The van der Waals surface area contributed by atoms with Crippen LogP contribution in [0, 0.1) is 5.92 Å². The molecule has 0 aromatic carbocycles. The summed E-state index contributed by atoms with van der Waals surface area (Å²) in [6, 6.07) is 0. The number of ether oxygens (including phenoxy) is 1. The Bertz CT molecular complexity index is 443. The maximum Gasteiger partial charge on any atom is 0.379 e. The van der Waals surface area contributed by atoms with E-state index in [9.17, 15) is 4.79 Å². The molecular formula is C12H18ClN3O3. The van der Waals surface area contributed by atoms with Crippen LogP contribution in [0.4, 0.5) is 0 Å². The highest BCUT2D eigenvalue weighted by Crippen LogP contribution is 2.38. The lowest BCUT2D eigenvalue weighted by Crippen LogP contribution is -2.46. The smallest absolute Gasteiger partial charge is 0.379 e. The highest BCUT2D eigenvalue weighted by atomic mass is 35.5. The molecule has 106 valence electrons. The lowest BCUT2D eigenvalue weighted by atomic mass is 9.79. The molecule has 19 heavy (non-hydrogen) atoms. The SMILES string of the molecule is CCOC(=O)c1noc(C2CN3CCC2CC3)n1.Cl. The van der Waals surface area contributed by atoms with E-state index in [1.54, 1.807) is 6.92 Å². The summed E-state index contributed by atoms with van der Waals surface area (Å²) < 4.78 is 10.1. The number of nitrogens with zero attached hydrogens (tertiary/aromatic N) is 3. The van der Waals surface area contributed by atoms with Crippen LogP contribution in [-0.4, -0.2) is 47.3 Å². The molecule has 7 heteroatoms. The van der Waals surface area contributed by atoms with Crippen LogP contribution in [0.1, 0.15) is 42.2 Å². The van der Waals surface area contributed by atoms with Gasteiger partial charge in [-0.2, -0.15) is 4.98 Å². The van der Waals surface area contributed by atoms with Gasteiger partial charge in [0.1, 0.15) is 0 Å². The van der Waals surface area contributed by atoms with Crippen molar-refractivity contribution in [3.63, 3.8) is 0 Å². The fraction of sp³-hybridized carbons (Fsp3) is 0.750. The number of carbonyl (C=O) groups excluding carboxylic acids is 1. The standard InChI is InChI=1S/C12H17N3O3.ClH/c1-2-17-12(16)10-13-11(18-14-10)9-7-15-5-3-8(9)4-6-15;/h8-9H,2-7H2,1H3;1H. The van der Waals surface area contributed by atoms with Gasteiger partial charge >= 0.3 is 5.97 Å². The summed E-state index contributed by atoms with van der Waals surface area (Å²) in [6.45, 7) is 5.38. The molecule has 2 bridgehead atoms. The minimum atomic E-state index is -0.506. The first-order chi connectivity index (χ1) is 8.78.